The van der Waals surface area contributed by atoms with Crippen molar-refractivity contribution < 1.29 is 9.53 Å². The highest BCUT2D eigenvalue weighted by Gasteiger charge is 2.51. The van der Waals surface area contributed by atoms with Gasteiger partial charge in [-0.15, -0.1) is 0 Å². The van der Waals surface area contributed by atoms with Crippen LogP contribution >= 0.6 is 0 Å². The maximum atomic E-state index is 11.9. The van der Waals surface area contributed by atoms with Gasteiger partial charge in [-0.2, -0.15) is 0 Å². The van der Waals surface area contributed by atoms with Gasteiger partial charge in [0, 0.05) is 6.04 Å². The molecule has 2 aliphatic carbocycles. The summed E-state index contributed by atoms with van der Waals surface area (Å²) in [6, 6.07) is 9.78. The molecule has 0 radical (unpaired) electrons. The van der Waals surface area contributed by atoms with Crippen molar-refractivity contribution in [1.29, 1.82) is 0 Å². The number of nitrogens with two attached hydrogens (primary N) is 1. The van der Waals surface area contributed by atoms with Crippen LogP contribution in [0.15, 0.2) is 30.3 Å². The summed E-state index contributed by atoms with van der Waals surface area (Å²) in [5, 5.41) is 3.02. The number of benzene rings is 1. The van der Waals surface area contributed by atoms with E-state index < -0.39 is 0 Å². The molecule has 102 valence electrons. The Morgan fingerprint density at radius 2 is 2.21 bits per heavy atom. The molecule has 4 nitrogen and oxygen atoms in total. The van der Waals surface area contributed by atoms with E-state index >= 15 is 0 Å². The number of fused-ring (bicyclic) bond motifs is 2. The summed E-state index contributed by atoms with van der Waals surface area (Å²) >= 11 is 0. The fraction of sp³-hybridized carbons (Fsp3) is 0.533. The average Bonchev–Trinajstić information content (AvgIpc) is 2.94. The van der Waals surface area contributed by atoms with Gasteiger partial charge in [-0.25, -0.2) is 4.79 Å². The number of rotatable bonds is 3. The second-order valence-electron chi connectivity index (χ2n) is 5.79. The Bertz CT molecular complexity index is 462. The number of carbonyl (C=O) groups excluding carboxylic acids is 1. The largest absolute Gasteiger partial charge is 0.445 e. The highest BCUT2D eigenvalue weighted by Crippen LogP contribution is 2.46. The molecule has 4 heteroatoms. The molecule has 2 bridgehead atoms. The molecular weight excluding hydrogens is 240 g/mol. The van der Waals surface area contributed by atoms with Crippen molar-refractivity contribution in [2.24, 2.45) is 11.7 Å². The number of ether oxygens (including phenoxy) is 1. The van der Waals surface area contributed by atoms with E-state index in [1.807, 2.05) is 30.3 Å². The highest BCUT2D eigenvalue weighted by molar-refractivity contribution is 5.68. The molecule has 0 spiro atoms. The van der Waals surface area contributed by atoms with E-state index in [0.29, 0.717) is 12.5 Å². The van der Waals surface area contributed by atoms with Crippen LogP contribution in [0.1, 0.15) is 31.2 Å². The molecule has 3 rings (SSSR count). The first-order chi connectivity index (χ1) is 9.18. The van der Waals surface area contributed by atoms with Crippen LogP contribution in [0.2, 0.25) is 0 Å². The topological polar surface area (TPSA) is 64.3 Å². The second-order valence-corrected chi connectivity index (χ2v) is 5.79. The minimum absolute atomic E-state index is 0.0792. The van der Waals surface area contributed by atoms with Crippen LogP contribution in [-0.2, 0) is 11.3 Å². The van der Waals surface area contributed by atoms with Crippen LogP contribution in [0.5, 0.6) is 0 Å². The van der Waals surface area contributed by atoms with Crippen LogP contribution < -0.4 is 11.1 Å². The first kappa shape index (κ1) is 12.5. The van der Waals surface area contributed by atoms with Gasteiger partial charge in [-0.3, -0.25) is 0 Å². The lowest BCUT2D eigenvalue weighted by molar-refractivity contribution is 0.123. The third-order valence-corrected chi connectivity index (χ3v) is 4.51. The third kappa shape index (κ3) is 2.45. The molecule has 2 saturated carbocycles. The van der Waals surface area contributed by atoms with E-state index in [4.69, 9.17) is 10.5 Å². The summed E-state index contributed by atoms with van der Waals surface area (Å²) < 4.78 is 5.28. The Morgan fingerprint density at radius 1 is 1.42 bits per heavy atom. The summed E-state index contributed by atoms with van der Waals surface area (Å²) in [5.74, 6) is 0.685. The molecule has 3 atom stereocenters. The Morgan fingerprint density at radius 3 is 2.84 bits per heavy atom. The van der Waals surface area contributed by atoms with Crippen molar-refractivity contribution in [2.75, 3.05) is 0 Å². The number of alkyl carbamates (subject to hydrolysis) is 1. The zero-order valence-corrected chi connectivity index (χ0v) is 11.0. The summed E-state index contributed by atoms with van der Waals surface area (Å²) in [4.78, 5) is 11.9. The zero-order chi connectivity index (χ0) is 13.3. The van der Waals surface area contributed by atoms with Crippen molar-refractivity contribution in [3.05, 3.63) is 35.9 Å². The molecule has 2 fully saturated rings. The standard InChI is InChI=1S/C15H20N2O2/c16-13-8-12-6-7-15(13,9-12)17-14(18)19-10-11-4-2-1-3-5-11/h1-5,12-13H,6-10,16H2,(H,17,18). The molecule has 0 aromatic heterocycles. The minimum Gasteiger partial charge on any atom is -0.445 e. The van der Waals surface area contributed by atoms with Gasteiger partial charge in [0.05, 0.1) is 5.54 Å². The van der Waals surface area contributed by atoms with Gasteiger partial charge < -0.3 is 15.8 Å². The van der Waals surface area contributed by atoms with Gasteiger partial charge in [-0.05, 0) is 37.2 Å². The quantitative estimate of drug-likeness (QED) is 0.875. The van der Waals surface area contributed by atoms with E-state index in [1.165, 1.54) is 6.42 Å². The first-order valence-corrected chi connectivity index (χ1v) is 6.92. The molecule has 1 aromatic carbocycles. The van der Waals surface area contributed by atoms with Crippen LogP contribution in [0.4, 0.5) is 4.79 Å². The van der Waals surface area contributed by atoms with E-state index in [2.05, 4.69) is 5.32 Å². The van der Waals surface area contributed by atoms with E-state index in [1.54, 1.807) is 0 Å². The number of carbonyl (C=O) groups is 1. The molecule has 2 aliphatic rings. The van der Waals surface area contributed by atoms with Crippen molar-refractivity contribution >= 4 is 6.09 Å². The van der Waals surface area contributed by atoms with Gasteiger partial charge in [0.1, 0.15) is 6.61 Å². The SMILES string of the molecule is NC1CC2CCC1(NC(=O)OCc1ccccc1)C2. The molecular formula is C15H20N2O2. The summed E-state index contributed by atoms with van der Waals surface area (Å²) in [7, 11) is 0. The molecule has 1 amide bonds. The van der Waals surface area contributed by atoms with Gasteiger partial charge in [-0.1, -0.05) is 30.3 Å². The van der Waals surface area contributed by atoms with E-state index in [9.17, 15) is 4.79 Å². The van der Waals surface area contributed by atoms with E-state index in [0.717, 1.165) is 24.8 Å². The lowest BCUT2D eigenvalue weighted by atomic mass is 9.89. The molecule has 0 aliphatic heterocycles. The fourth-order valence-corrected chi connectivity index (χ4v) is 3.47. The van der Waals surface area contributed by atoms with Gasteiger partial charge in [0.25, 0.3) is 0 Å². The monoisotopic (exact) mass is 260 g/mol. The number of hydrogen-bond acceptors (Lipinski definition) is 3. The molecule has 3 unspecified atom stereocenters. The molecule has 3 N–H and O–H groups in total. The van der Waals surface area contributed by atoms with Crippen LogP contribution in [-0.4, -0.2) is 17.7 Å². The number of nitrogens with one attached hydrogen (secondary N) is 1. The number of hydrogen-bond donors (Lipinski definition) is 2. The lowest BCUT2D eigenvalue weighted by Crippen LogP contribution is -2.56. The first-order valence-electron chi connectivity index (χ1n) is 6.92. The summed E-state index contributed by atoms with van der Waals surface area (Å²) in [5.41, 5.74) is 6.93. The van der Waals surface area contributed by atoms with Crippen molar-refractivity contribution in [1.82, 2.24) is 5.32 Å². The van der Waals surface area contributed by atoms with Gasteiger partial charge in [0.15, 0.2) is 0 Å². The van der Waals surface area contributed by atoms with Crippen LogP contribution in [0.25, 0.3) is 0 Å². The van der Waals surface area contributed by atoms with Gasteiger partial charge >= 0.3 is 6.09 Å². The molecule has 19 heavy (non-hydrogen) atoms. The van der Waals surface area contributed by atoms with Crippen LogP contribution in [0, 0.1) is 5.92 Å². The fourth-order valence-electron chi connectivity index (χ4n) is 3.47. The maximum absolute atomic E-state index is 11.9. The smallest absolute Gasteiger partial charge is 0.407 e. The molecule has 0 saturated heterocycles. The Balaban J connectivity index is 1.54. The Kier molecular flexibility index (Phi) is 3.19. The van der Waals surface area contributed by atoms with Crippen molar-refractivity contribution in [3.63, 3.8) is 0 Å². The minimum atomic E-state index is -0.346. The Labute approximate surface area is 113 Å². The number of amides is 1. The normalized spacial score (nSPS) is 32.3. The predicted molar refractivity (Wildman–Crippen MR) is 72.4 cm³/mol. The summed E-state index contributed by atoms with van der Waals surface area (Å²) in [6.07, 6.45) is 3.85. The second kappa shape index (κ2) is 4.85. The molecule has 0 heterocycles. The third-order valence-electron chi connectivity index (χ3n) is 4.51. The molecule has 1 aromatic rings. The van der Waals surface area contributed by atoms with Crippen molar-refractivity contribution in [2.45, 2.75) is 43.9 Å². The van der Waals surface area contributed by atoms with Gasteiger partial charge in [0.2, 0.25) is 0 Å². The average molecular weight is 260 g/mol. The van der Waals surface area contributed by atoms with Crippen molar-refractivity contribution in [3.8, 4) is 0 Å². The van der Waals surface area contributed by atoms with Crippen LogP contribution in [0.3, 0.4) is 0 Å². The predicted octanol–water partition coefficient (Wildman–Crippen LogP) is 2.18. The lowest BCUT2D eigenvalue weighted by Gasteiger charge is -2.33. The van der Waals surface area contributed by atoms with E-state index in [-0.39, 0.29) is 17.7 Å². The Hall–Kier alpha value is -1.55. The highest BCUT2D eigenvalue weighted by atomic mass is 16.5. The maximum Gasteiger partial charge on any atom is 0.407 e. The zero-order valence-electron chi connectivity index (χ0n) is 11.0. The summed E-state index contributed by atoms with van der Waals surface area (Å²) in [6.45, 7) is 0.307.